The molecular weight excluding hydrogens is 452 g/mol. The van der Waals surface area contributed by atoms with Crippen molar-refractivity contribution in [3.63, 3.8) is 0 Å². The third-order valence-corrected chi connectivity index (χ3v) is 8.10. The van der Waals surface area contributed by atoms with Crippen LogP contribution in [0, 0.1) is 11.3 Å². The van der Waals surface area contributed by atoms with Crippen molar-refractivity contribution in [2.24, 2.45) is 5.92 Å². The van der Waals surface area contributed by atoms with E-state index in [1.165, 1.54) is 4.90 Å². The van der Waals surface area contributed by atoms with Crippen LogP contribution < -0.4 is 15.4 Å². The number of carbonyl (C=O) groups is 2. The number of para-hydroxylation sites is 1. The van der Waals surface area contributed by atoms with Gasteiger partial charge in [-0.15, -0.1) is 0 Å². The maximum absolute atomic E-state index is 13.4. The van der Waals surface area contributed by atoms with Crippen LogP contribution in [0.4, 0.5) is 0 Å². The van der Waals surface area contributed by atoms with Crippen molar-refractivity contribution in [3.05, 3.63) is 65.2 Å². The summed E-state index contributed by atoms with van der Waals surface area (Å²) in [5.74, 6) is 1.06. The topological polar surface area (TPSA) is 94.5 Å². The Morgan fingerprint density at radius 2 is 1.92 bits per heavy atom. The lowest BCUT2D eigenvalue weighted by molar-refractivity contribution is -0.131. The zero-order chi connectivity index (χ0) is 25.1. The standard InChI is InChI=1S/C29H36N4O3/c1-2-29-15-8-4-3-5-11-22-19-36-24-14-7-6-13-23(24)26(22)31-27(35)21-12-9-10-20(16-21)18-33(25(34)17-29)28(30)32-29/h6-7,9-10,12-14,16,22,26H,2-5,8,11,15,17-19H2,1H3,(H2,30,32)(H,31,35). The molecule has 0 saturated carbocycles. The maximum Gasteiger partial charge on any atom is 0.251 e. The average Bonchev–Trinajstić information content (AvgIpc) is 2.89. The molecule has 2 aromatic rings. The first-order valence-electron chi connectivity index (χ1n) is 13.3. The molecule has 0 aromatic heterocycles. The molecule has 2 amide bonds. The van der Waals surface area contributed by atoms with E-state index in [1.807, 2.05) is 42.5 Å². The molecule has 0 spiro atoms. The van der Waals surface area contributed by atoms with Gasteiger partial charge in [-0.2, -0.15) is 0 Å². The molecule has 3 unspecified atom stereocenters. The Kier molecular flexibility index (Phi) is 6.99. The number of hydrogen-bond acceptors (Lipinski definition) is 4. The summed E-state index contributed by atoms with van der Waals surface area (Å²) in [5, 5.41) is 15.3. The number of benzene rings is 2. The fraction of sp³-hybridized carbons (Fsp3) is 0.483. The van der Waals surface area contributed by atoms with Gasteiger partial charge in [-0.25, -0.2) is 0 Å². The number of ether oxygens (including phenoxy) is 1. The smallest absolute Gasteiger partial charge is 0.251 e. The minimum Gasteiger partial charge on any atom is -0.493 e. The molecule has 4 aliphatic rings. The van der Waals surface area contributed by atoms with E-state index in [1.54, 1.807) is 6.07 Å². The van der Waals surface area contributed by atoms with Crippen molar-refractivity contribution in [2.45, 2.75) is 76.4 Å². The lowest BCUT2D eigenvalue weighted by Crippen LogP contribution is -2.61. The molecule has 1 fully saturated rings. The highest BCUT2D eigenvalue weighted by molar-refractivity contribution is 5.99. The number of rotatable bonds is 1. The minimum atomic E-state index is -0.343. The highest BCUT2D eigenvalue weighted by atomic mass is 16.5. The molecule has 36 heavy (non-hydrogen) atoms. The first-order chi connectivity index (χ1) is 17.5. The third-order valence-electron chi connectivity index (χ3n) is 8.10. The van der Waals surface area contributed by atoms with Crippen molar-refractivity contribution < 1.29 is 14.3 Å². The van der Waals surface area contributed by atoms with Crippen LogP contribution in [0.2, 0.25) is 0 Å². The van der Waals surface area contributed by atoms with Crippen molar-refractivity contribution in [1.82, 2.24) is 15.5 Å². The predicted molar refractivity (Wildman–Crippen MR) is 139 cm³/mol. The normalized spacial score (nSPS) is 27.0. The first-order valence-corrected chi connectivity index (χ1v) is 13.3. The number of hydrogen-bond donors (Lipinski definition) is 3. The number of nitrogens with one attached hydrogen (secondary N) is 3. The molecule has 7 heteroatoms. The van der Waals surface area contributed by atoms with E-state index in [4.69, 9.17) is 10.1 Å². The van der Waals surface area contributed by atoms with Crippen LogP contribution in [0.15, 0.2) is 48.5 Å². The molecule has 6 rings (SSSR count). The van der Waals surface area contributed by atoms with Gasteiger partial charge in [0, 0.05) is 22.6 Å². The molecule has 3 N–H and O–H groups in total. The van der Waals surface area contributed by atoms with E-state index in [0.717, 1.165) is 61.8 Å². The zero-order valence-electron chi connectivity index (χ0n) is 21.0. The Morgan fingerprint density at radius 1 is 1.08 bits per heavy atom. The predicted octanol–water partition coefficient (Wildman–Crippen LogP) is 4.93. The van der Waals surface area contributed by atoms with E-state index in [2.05, 4.69) is 17.6 Å². The zero-order valence-corrected chi connectivity index (χ0v) is 21.0. The van der Waals surface area contributed by atoms with Gasteiger partial charge in [-0.1, -0.05) is 62.9 Å². The van der Waals surface area contributed by atoms with Gasteiger partial charge >= 0.3 is 0 Å². The second kappa shape index (κ2) is 10.3. The van der Waals surface area contributed by atoms with Crippen molar-refractivity contribution in [2.75, 3.05) is 6.61 Å². The fourth-order valence-corrected chi connectivity index (χ4v) is 5.88. The molecule has 7 nitrogen and oxygen atoms in total. The number of amides is 2. The number of carbonyl (C=O) groups excluding carboxylic acids is 2. The number of guanidine groups is 1. The molecule has 2 aromatic carbocycles. The second-order valence-corrected chi connectivity index (χ2v) is 10.5. The van der Waals surface area contributed by atoms with E-state index >= 15 is 0 Å². The molecule has 3 atom stereocenters. The average molecular weight is 489 g/mol. The summed E-state index contributed by atoms with van der Waals surface area (Å²) in [4.78, 5) is 28.0. The summed E-state index contributed by atoms with van der Waals surface area (Å²) in [6, 6.07) is 15.3. The van der Waals surface area contributed by atoms with Crippen molar-refractivity contribution >= 4 is 17.8 Å². The summed E-state index contributed by atoms with van der Waals surface area (Å²) in [6.45, 7) is 2.97. The van der Waals surface area contributed by atoms with Crippen LogP contribution in [0.1, 0.15) is 85.8 Å². The lowest BCUT2D eigenvalue weighted by atomic mass is 9.83. The van der Waals surface area contributed by atoms with Gasteiger partial charge in [-0.3, -0.25) is 19.9 Å². The second-order valence-electron chi connectivity index (χ2n) is 10.5. The van der Waals surface area contributed by atoms with Crippen molar-refractivity contribution in [3.8, 4) is 5.75 Å². The Bertz CT molecular complexity index is 1130. The van der Waals surface area contributed by atoms with E-state index in [0.29, 0.717) is 18.6 Å². The van der Waals surface area contributed by atoms with Crippen LogP contribution in [-0.4, -0.2) is 34.8 Å². The molecule has 1 saturated heterocycles. The molecule has 4 aliphatic heterocycles. The number of fused-ring (bicyclic) bond motifs is 9. The summed E-state index contributed by atoms with van der Waals surface area (Å²) in [5.41, 5.74) is 2.08. The van der Waals surface area contributed by atoms with E-state index < -0.39 is 0 Å². The van der Waals surface area contributed by atoms with Gasteiger partial charge in [0.15, 0.2) is 5.96 Å². The van der Waals surface area contributed by atoms with Crippen LogP contribution in [0.25, 0.3) is 0 Å². The van der Waals surface area contributed by atoms with Crippen molar-refractivity contribution in [1.29, 1.82) is 5.41 Å². The van der Waals surface area contributed by atoms with Gasteiger partial charge in [0.25, 0.3) is 5.91 Å². The highest BCUT2D eigenvalue weighted by Gasteiger charge is 2.40. The van der Waals surface area contributed by atoms with Gasteiger partial charge in [0.1, 0.15) is 5.75 Å². The number of nitrogens with zero attached hydrogens (tertiary/aromatic N) is 1. The molecule has 4 bridgehead atoms. The summed E-state index contributed by atoms with van der Waals surface area (Å²) < 4.78 is 6.07. The highest BCUT2D eigenvalue weighted by Crippen LogP contribution is 2.38. The Labute approximate surface area is 213 Å². The quantitative estimate of drug-likeness (QED) is 0.531. The largest absolute Gasteiger partial charge is 0.493 e. The van der Waals surface area contributed by atoms with Crippen LogP contribution in [-0.2, 0) is 11.3 Å². The van der Waals surface area contributed by atoms with Gasteiger partial charge in [0.2, 0.25) is 5.91 Å². The minimum absolute atomic E-state index is 0.0294. The fourth-order valence-electron chi connectivity index (χ4n) is 5.88. The Balaban J connectivity index is 1.44. The summed E-state index contributed by atoms with van der Waals surface area (Å²) in [7, 11) is 0. The maximum atomic E-state index is 13.4. The molecular formula is C29H36N4O3. The van der Waals surface area contributed by atoms with Crippen LogP contribution in [0.5, 0.6) is 5.75 Å². The lowest BCUT2D eigenvalue weighted by Gasteiger charge is -2.43. The summed E-state index contributed by atoms with van der Waals surface area (Å²) in [6.07, 6.45) is 7.34. The molecule has 4 heterocycles. The van der Waals surface area contributed by atoms with Gasteiger partial charge in [0.05, 0.1) is 25.6 Å². The Morgan fingerprint density at radius 3 is 2.75 bits per heavy atom. The van der Waals surface area contributed by atoms with E-state index in [-0.39, 0.29) is 41.8 Å². The molecule has 190 valence electrons. The first kappa shape index (κ1) is 24.3. The summed E-state index contributed by atoms with van der Waals surface area (Å²) >= 11 is 0. The Hall–Kier alpha value is -3.35. The van der Waals surface area contributed by atoms with E-state index in [9.17, 15) is 9.59 Å². The van der Waals surface area contributed by atoms with Gasteiger partial charge < -0.3 is 15.4 Å². The molecule has 0 radical (unpaired) electrons. The third kappa shape index (κ3) is 4.97. The van der Waals surface area contributed by atoms with Gasteiger partial charge in [-0.05, 0) is 43.0 Å². The SMILES string of the molecule is CCC12CCCCCCC3COc4ccccc4C3NC(=O)c3cccc(c3)CN(C(=N)N1)C(=O)C2. The van der Waals surface area contributed by atoms with Crippen LogP contribution >= 0.6 is 0 Å². The monoisotopic (exact) mass is 488 g/mol. The molecule has 0 aliphatic carbocycles. The van der Waals surface area contributed by atoms with Crippen LogP contribution in [0.3, 0.4) is 0 Å².